The molecule has 1 rings (SSSR count). The molecular formula is C4H4O7. The van der Waals surface area contributed by atoms with Crippen LogP contribution < -0.4 is 0 Å². The Morgan fingerprint density at radius 1 is 1.00 bits per heavy atom. The van der Waals surface area contributed by atoms with E-state index in [4.69, 9.17) is 10.2 Å². The first-order valence-corrected chi connectivity index (χ1v) is 2.58. The lowest BCUT2D eigenvalue weighted by molar-refractivity contribution is -0.456. The normalized spacial score (nSPS) is 32.2. The van der Waals surface area contributed by atoms with Crippen molar-refractivity contribution in [1.82, 2.24) is 0 Å². The zero-order chi connectivity index (χ0) is 8.43. The summed E-state index contributed by atoms with van der Waals surface area (Å²) in [6.45, 7) is 0. The van der Waals surface area contributed by atoms with E-state index in [2.05, 4.69) is 14.8 Å². The van der Waals surface area contributed by atoms with Gasteiger partial charge in [0.05, 0.1) is 0 Å². The minimum Gasteiger partial charge on any atom is -0.378 e. The van der Waals surface area contributed by atoms with E-state index >= 15 is 0 Å². The molecule has 1 fully saturated rings. The summed E-state index contributed by atoms with van der Waals surface area (Å²) in [7, 11) is 0. The van der Waals surface area contributed by atoms with E-state index in [1.165, 1.54) is 0 Å². The van der Waals surface area contributed by atoms with E-state index in [9.17, 15) is 9.59 Å². The van der Waals surface area contributed by atoms with Gasteiger partial charge in [0, 0.05) is 5.04 Å². The Kier molecular flexibility index (Phi) is 2.03. The van der Waals surface area contributed by atoms with Gasteiger partial charge in [0.1, 0.15) is 0 Å². The number of carbonyl (C=O) groups excluding carboxylic acids is 2. The average Bonchev–Trinajstić information content (AvgIpc) is 2.07. The topological polar surface area (TPSA) is 102 Å². The predicted octanol–water partition coefficient (Wildman–Crippen LogP) is -2.35. The largest absolute Gasteiger partial charge is 0.378 e. The predicted molar refractivity (Wildman–Crippen MR) is 25.3 cm³/mol. The van der Waals surface area contributed by atoms with Gasteiger partial charge in [-0.1, -0.05) is 0 Å². The van der Waals surface area contributed by atoms with Crippen LogP contribution in [-0.4, -0.2) is 34.4 Å². The average molecular weight is 164 g/mol. The van der Waals surface area contributed by atoms with Crippen LogP contribution in [0.1, 0.15) is 0 Å². The lowest BCUT2D eigenvalue weighted by Crippen LogP contribution is -2.38. The van der Waals surface area contributed by atoms with Gasteiger partial charge in [-0.25, -0.2) is 9.59 Å². The lowest BCUT2D eigenvalue weighted by Gasteiger charge is -2.04. The van der Waals surface area contributed by atoms with Crippen LogP contribution in [0.5, 0.6) is 0 Å². The quantitative estimate of drug-likeness (QED) is 0.386. The third-order valence-electron chi connectivity index (χ3n) is 1.01. The van der Waals surface area contributed by atoms with Crippen molar-refractivity contribution in [1.29, 1.82) is 0 Å². The molecule has 0 aromatic heterocycles. The van der Waals surface area contributed by atoms with Gasteiger partial charge in [0.2, 0.25) is 0 Å². The van der Waals surface area contributed by atoms with Gasteiger partial charge in [-0.2, -0.15) is 0 Å². The molecule has 7 nitrogen and oxygen atoms in total. The minimum absolute atomic E-state index is 1.29. The van der Waals surface area contributed by atoms with Crippen LogP contribution in [-0.2, 0) is 24.4 Å². The van der Waals surface area contributed by atoms with Gasteiger partial charge in [-0.3, -0.25) is 9.78 Å². The minimum atomic E-state index is -1.97. The SMILES string of the molecule is O=C1OOOC(=O)C(O)C1O. The highest BCUT2D eigenvalue weighted by Gasteiger charge is 2.37. The monoisotopic (exact) mass is 164 g/mol. The van der Waals surface area contributed by atoms with E-state index in [-0.39, 0.29) is 0 Å². The van der Waals surface area contributed by atoms with E-state index in [1.54, 1.807) is 0 Å². The highest BCUT2D eigenvalue weighted by Crippen LogP contribution is 2.05. The number of aliphatic hydroxyl groups is 2. The smallest absolute Gasteiger partial charge is 0.378 e. The van der Waals surface area contributed by atoms with Crippen LogP contribution in [0.2, 0.25) is 0 Å². The molecule has 0 aromatic rings. The van der Waals surface area contributed by atoms with Crippen LogP contribution >= 0.6 is 0 Å². The summed E-state index contributed by atoms with van der Waals surface area (Å²) in [5.74, 6) is -2.58. The number of rotatable bonds is 0. The van der Waals surface area contributed by atoms with Crippen molar-refractivity contribution in [3.8, 4) is 0 Å². The maximum absolute atomic E-state index is 10.4. The fourth-order valence-corrected chi connectivity index (χ4v) is 0.440. The summed E-state index contributed by atoms with van der Waals surface area (Å²) in [6.07, 6.45) is -3.94. The van der Waals surface area contributed by atoms with Crippen LogP contribution in [0.25, 0.3) is 0 Å². The Labute approximate surface area is 59.9 Å². The molecule has 0 aliphatic carbocycles. The van der Waals surface area contributed by atoms with Crippen molar-refractivity contribution in [3.05, 3.63) is 0 Å². The van der Waals surface area contributed by atoms with E-state index in [1.807, 2.05) is 0 Å². The molecule has 2 unspecified atom stereocenters. The lowest BCUT2D eigenvalue weighted by atomic mass is 10.2. The molecule has 0 aromatic carbocycles. The number of aliphatic hydroxyl groups excluding tert-OH is 2. The molecule has 1 saturated heterocycles. The zero-order valence-electron chi connectivity index (χ0n) is 5.09. The van der Waals surface area contributed by atoms with Crippen molar-refractivity contribution < 1.29 is 34.6 Å². The molecule has 7 heteroatoms. The molecular weight excluding hydrogens is 160 g/mol. The molecule has 2 N–H and O–H groups in total. The van der Waals surface area contributed by atoms with Gasteiger partial charge >= 0.3 is 11.9 Å². The Morgan fingerprint density at radius 2 is 1.36 bits per heavy atom. The Morgan fingerprint density at radius 3 is 1.73 bits per heavy atom. The van der Waals surface area contributed by atoms with Gasteiger partial charge in [-0.05, 0) is 0 Å². The summed E-state index contributed by atoms with van der Waals surface area (Å²) in [6, 6.07) is 0. The third kappa shape index (κ3) is 1.45. The fourth-order valence-electron chi connectivity index (χ4n) is 0.440. The molecule has 0 radical (unpaired) electrons. The summed E-state index contributed by atoms with van der Waals surface area (Å²) >= 11 is 0. The van der Waals surface area contributed by atoms with Crippen LogP contribution in [0.3, 0.4) is 0 Å². The van der Waals surface area contributed by atoms with Gasteiger partial charge < -0.3 is 10.2 Å². The molecule has 1 heterocycles. The summed E-state index contributed by atoms with van der Waals surface area (Å²) < 4.78 is 0. The first kappa shape index (κ1) is 7.92. The van der Waals surface area contributed by atoms with Crippen molar-refractivity contribution in [2.75, 3.05) is 0 Å². The zero-order valence-corrected chi connectivity index (χ0v) is 5.09. The molecule has 0 spiro atoms. The van der Waals surface area contributed by atoms with Crippen molar-refractivity contribution in [2.45, 2.75) is 12.2 Å². The summed E-state index contributed by atoms with van der Waals surface area (Å²) in [5, 5.41) is 20.9. The third-order valence-corrected chi connectivity index (χ3v) is 1.01. The van der Waals surface area contributed by atoms with E-state index in [0.29, 0.717) is 0 Å². The Balaban J connectivity index is 2.73. The molecule has 11 heavy (non-hydrogen) atoms. The fraction of sp³-hybridized carbons (Fsp3) is 0.500. The number of hydrogen-bond acceptors (Lipinski definition) is 7. The maximum Gasteiger partial charge on any atom is 0.378 e. The van der Waals surface area contributed by atoms with Crippen molar-refractivity contribution in [3.63, 3.8) is 0 Å². The van der Waals surface area contributed by atoms with Crippen molar-refractivity contribution in [2.24, 2.45) is 0 Å². The van der Waals surface area contributed by atoms with E-state index in [0.717, 1.165) is 0 Å². The molecule has 0 amide bonds. The molecule has 1 aliphatic heterocycles. The summed E-state index contributed by atoms with van der Waals surface area (Å²) in [5.41, 5.74) is 0. The number of carbonyl (C=O) groups is 2. The first-order valence-electron chi connectivity index (χ1n) is 2.58. The second kappa shape index (κ2) is 2.82. The van der Waals surface area contributed by atoms with Gasteiger partial charge in [0.25, 0.3) is 0 Å². The van der Waals surface area contributed by atoms with Gasteiger partial charge in [0.15, 0.2) is 12.2 Å². The Hall–Kier alpha value is -1.18. The summed E-state index contributed by atoms with van der Waals surface area (Å²) in [4.78, 5) is 28.1. The molecule has 0 saturated carbocycles. The second-order valence-electron chi connectivity index (χ2n) is 1.76. The van der Waals surface area contributed by atoms with Crippen molar-refractivity contribution >= 4 is 11.9 Å². The first-order chi connectivity index (χ1) is 5.13. The van der Waals surface area contributed by atoms with E-state index < -0.39 is 24.1 Å². The van der Waals surface area contributed by atoms with Crippen LogP contribution in [0.15, 0.2) is 0 Å². The van der Waals surface area contributed by atoms with Crippen LogP contribution in [0.4, 0.5) is 0 Å². The standard InChI is InChI=1S/C4H4O7/c5-1-2(6)4(8)10-11-9-3(1)7/h1-2,5-6H. The number of hydrogen-bond donors (Lipinski definition) is 2. The van der Waals surface area contributed by atoms with Crippen LogP contribution in [0, 0.1) is 0 Å². The molecule has 2 atom stereocenters. The highest BCUT2D eigenvalue weighted by molar-refractivity contribution is 5.85. The van der Waals surface area contributed by atoms with Gasteiger partial charge in [-0.15, -0.1) is 0 Å². The Bertz CT molecular complexity index is 167. The maximum atomic E-state index is 10.4. The molecule has 0 bridgehead atoms. The molecule has 1 aliphatic rings. The highest BCUT2D eigenvalue weighted by atomic mass is 17.5. The molecule has 62 valence electrons. The second-order valence-corrected chi connectivity index (χ2v) is 1.76.